The Bertz CT molecular complexity index is 518. The summed E-state index contributed by atoms with van der Waals surface area (Å²) in [5, 5.41) is 0. The average Bonchev–Trinajstić information content (AvgIpc) is 2.49. The molecule has 0 radical (unpaired) electrons. The zero-order valence-electron chi connectivity index (χ0n) is 11.1. The van der Waals surface area contributed by atoms with Gasteiger partial charge in [0.25, 0.3) is 0 Å². The van der Waals surface area contributed by atoms with Crippen LogP contribution in [0.3, 0.4) is 0 Å². The van der Waals surface area contributed by atoms with Crippen LogP contribution in [-0.4, -0.2) is 31.2 Å². The summed E-state index contributed by atoms with van der Waals surface area (Å²) in [6.07, 6.45) is 0. The van der Waals surface area contributed by atoms with Gasteiger partial charge in [0.2, 0.25) is 0 Å². The lowest BCUT2D eigenvalue weighted by Gasteiger charge is -2.26. The fourth-order valence-corrected chi connectivity index (χ4v) is 2.50. The van der Waals surface area contributed by atoms with Gasteiger partial charge in [-0.15, -0.1) is 0 Å². The summed E-state index contributed by atoms with van der Waals surface area (Å²) in [5.41, 5.74) is 3.96. The molecule has 0 atom stereocenters. The number of nitrogens with zero attached hydrogens (tertiary/aromatic N) is 1. The standard InChI is InChI=1S/C17H19NO/c1-2-6-16(7-3-1)17-8-4-5-15(13-17)14-18-9-11-19-12-10-18/h1-8,13H,9-12,14H2. The highest BCUT2D eigenvalue weighted by molar-refractivity contribution is 5.63. The summed E-state index contributed by atoms with van der Waals surface area (Å²) in [7, 11) is 0. The minimum absolute atomic E-state index is 0.859. The van der Waals surface area contributed by atoms with Crippen molar-refractivity contribution in [2.24, 2.45) is 0 Å². The number of hydrogen-bond acceptors (Lipinski definition) is 2. The van der Waals surface area contributed by atoms with Gasteiger partial charge in [-0.1, -0.05) is 48.5 Å². The molecule has 2 nitrogen and oxygen atoms in total. The van der Waals surface area contributed by atoms with E-state index < -0.39 is 0 Å². The van der Waals surface area contributed by atoms with Crippen LogP contribution in [0.4, 0.5) is 0 Å². The molecule has 0 saturated carbocycles. The smallest absolute Gasteiger partial charge is 0.0594 e. The highest BCUT2D eigenvalue weighted by Gasteiger charge is 2.10. The SMILES string of the molecule is c1ccc(-c2cccc(CN3CCOCC3)c2)cc1. The van der Waals surface area contributed by atoms with Crippen LogP contribution in [-0.2, 0) is 11.3 Å². The van der Waals surface area contributed by atoms with Crippen molar-refractivity contribution in [1.29, 1.82) is 0 Å². The third-order valence-electron chi connectivity index (χ3n) is 3.54. The first kappa shape index (κ1) is 12.4. The number of morpholine rings is 1. The van der Waals surface area contributed by atoms with Gasteiger partial charge in [-0.2, -0.15) is 0 Å². The molecule has 2 aromatic rings. The van der Waals surface area contributed by atoms with Crippen molar-refractivity contribution < 1.29 is 4.74 Å². The van der Waals surface area contributed by atoms with Gasteiger partial charge < -0.3 is 4.74 Å². The van der Waals surface area contributed by atoms with Crippen molar-refractivity contribution >= 4 is 0 Å². The maximum atomic E-state index is 5.39. The largest absolute Gasteiger partial charge is 0.379 e. The number of hydrogen-bond donors (Lipinski definition) is 0. The van der Waals surface area contributed by atoms with Crippen molar-refractivity contribution in [3.63, 3.8) is 0 Å². The van der Waals surface area contributed by atoms with E-state index in [1.54, 1.807) is 0 Å². The molecule has 0 bridgehead atoms. The van der Waals surface area contributed by atoms with Gasteiger partial charge in [0.05, 0.1) is 13.2 Å². The second kappa shape index (κ2) is 6.00. The van der Waals surface area contributed by atoms with Crippen molar-refractivity contribution in [1.82, 2.24) is 4.90 Å². The van der Waals surface area contributed by atoms with Crippen LogP contribution in [0.5, 0.6) is 0 Å². The van der Waals surface area contributed by atoms with Crippen molar-refractivity contribution in [2.75, 3.05) is 26.3 Å². The second-order valence-electron chi connectivity index (χ2n) is 4.95. The van der Waals surface area contributed by atoms with Crippen LogP contribution in [0.1, 0.15) is 5.56 Å². The summed E-state index contributed by atoms with van der Waals surface area (Å²) in [6, 6.07) is 19.4. The monoisotopic (exact) mass is 253 g/mol. The van der Waals surface area contributed by atoms with Crippen molar-refractivity contribution in [3.05, 3.63) is 60.2 Å². The van der Waals surface area contributed by atoms with Crippen LogP contribution in [0.2, 0.25) is 0 Å². The first-order chi connectivity index (χ1) is 9.42. The Morgan fingerprint density at radius 3 is 2.37 bits per heavy atom. The lowest BCUT2D eigenvalue weighted by Crippen LogP contribution is -2.35. The zero-order chi connectivity index (χ0) is 12.9. The molecule has 3 rings (SSSR count). The summed E-state index contributed by atoms with van der Waals surface area (Å²) < 4.78 is 5.39. The first-order valence-corrected chi connectivity index (χ1v) is 6.86. The van der Waals surface area contributed by atoms with Crippen LogP contribution < -0.4 is 0 Å². The van der Waals surface area contributed by atoms with E-state index in [9.17, 15) is 0 Å². The Hall–Kier alpha value is -1.64. The highest BCUT2D eigenvalue weighted by Crippen LogP contribution is 2.20. The molecule has 0 aliphatic carbocycles. The van der Waals surface area contributed by atoms with E-state index in [-0.39, 0.29) is 0 Å². The van der Waals surface area contributed by atoms with E-state index in [1.807, 2.05) is 0 Å². The Kier molecular flexibility index (Phi) is 3.92. The van der Waals surface area contributed by atoms with Crippen molar-refractivity contribution in [2.45, 2.75) is 6.54 Å². The fourth-order valence-electron chi connectivity index (χ4n) is 2.50. The number of rotatable bonds is 3. The van der Waals surface area contributed by atoms with E-state index in [1.165, 1.54) is 16.7 Å². The molecule has 0 unspecified atom stereocenters. The molecule has 0 spiro atoms. The quantitative estimate of drug-likeness (QED) is 0.833. The van der Waals surface area contributed by atoms with Crippen LogP contribution in [0.25, 0.3) is 11.1 Å². The average molecular weight is 253 g/mol. The third-order valence-corrected chi connectivity index (χ3v) is 3.54. The maximum Gasteiger partial charge on any atom is 0.0594 e. The lowest BCUT2D eigenvalue weighted by atomic mass is 10.0. The number of benzene rings is 2. The van der Waals surface area contributed by atoms with Gasteiger partial charge in [-0.25, -0.2) is 0 Å². The molecule has 98 valence electrons. The second-order valence-corrected chi connectivity index (χ2v) is 4.95. The molecule has 2 heteroatoms. The van der Waals surface area contributed by atoms with Gasteiger partial charge in [-0.05, 0) is 22.8 Å². The van der Waals surface area contributed by atoms with Crippen LogP contribution >= 0.6 is 0 Å². The van der Waals surface area contributed by atoms with E-state index in [0.717, 1.165) is 32.8 Å². The minimum Gasteiger partial charge on any atom is -0.379 e. The van der Waals surface area contributed by atoms with Crippen LogP contribution in [0, 0.1) is 0 Å². The van der Waals surface area contributed by atoms with Gasteiger partial charge in [0, 0.05) is 19.6 Å². The molecule has 1 fully saturated rings. The van der Waals surface area contributed by atoms with E-state index in [0.29, 0.717) is 0 Å². The zero-order valence-corrected chi connectivity index (χ0v) is 11.1. The molecule has 2 aromatic carbocycles. The molecule has 1 aliphatic heterocycles. The predicted molar refractivity (Wildman–Crippen MR) is 78.0 cm³/mol. The third kappa shape index (κ3) is 3.22. The van der Waals surface area contributed by atoms with Crippen molar-refractivity contribution in [3.8, 4) is 11.1 Å². The summed E-state index contributed by atoms with van der Waals surface area (Å²) >= 11 is 0. The molecule has 1 saturated heterocycles. The molecule has 0 aromatic heterocycles. The van der Waals surface area contributed by atoms with Gasteiger partial charge >= 0.3 is 0 Å². The summed E-state index contributed by atoms with van der Waals surface area (Å²) in [4.78, 5) is 2.45. The summed E-state index contributed by atoms with van der Waals surface area (Å²) in [6.45, 7) is 4.81. The molecule has 1 heterocycles. The Morgan fingerprint density at radius 2 is 1.58 bits per heavy atom. The Labute approximate surface area is 114 Å². The Balaban J connectivity index is 1.76. The van der Waals surface area contributed by atoms with E-state index >= 15 is 0 Å². The topological polar surface area (TPSA) is 12.5 Å². The predicted octanol–water partition coefficient (Wildman–Crippen LogP) is 3.19. The van der Waals surface area contributed by atoms with E-state index in [2.05, 4.69) is 59.5 Å². The Morgan fingerprint density at radius 1 is 0.842 bits per heavy atom. The van der Waals surface area contributed by atoms with Crippen LogP contribution in [0.15, 0.2) is 54.6 Å². The molecular formula is C17H19NO. The first-order valence-electron chi connectivity index (χ1n) is 6.86. The lowest BCUT2D eigenvalue weighted by molar-refractivity contribution is 0.0342. The molecular weight excluding hydrogens is 234 g/mol. The maximum absolute atomic E-state index is 5.39. The minimum atomic E-state index is 0.859. The van der Waals surface area contributed by atoms with Gasteiger partial charge in [-0.3, -0.25) is 4.90 Å². The fraction of sp³-hybridized carbons (Fsp3) is 0.294. The molecule has 1 aliphatic rings. The summed E-state index contributed by atoms with van der Waals surface area (Å²) in [5.74, 6) is 0. The van der Waals surface area contributed by atoms with E-state index in [4.69, 9.17) is 4.74 Å². The van der Waals surface area contributed by atoms with Gasteiger partial charge in [0.1, 0.15) is 0 Å². The molecule has 19 heavy (non-hydrogen) atoms. The highest BCUT2D eigenvalue weighted by atomic mass is 16.5. The molecule has 0 N–H and O–H groups in total. The number of ether oxygens (including phenoxy) is 1. The van der Waals surface area contributed by atoms with Gasteiger partial charge in [0.15, 0.2) is 0 Å². The molecule has 0 amide bonds. The normalized spacial score (nSPS) is 16.4.